The summed E-state index contributed by atoms with van der Waals surface area (Å²) in [5.41, 5.74) is 2.54. The first-order valence-electron chi connectivity index (χ1n) is 7.92. The van der Waals surface area contributed by atoms with Gasteiger partial charge in [0, 0.05) is 45.7 Å². The van der Waals surface area contributed by atoms with Gasteiger partial charge in [-0.1, -0.05) is 31.2 Å². The highest BCUT2D eigenvalue weighted by Crippen LogP contribution is 2.21. The molecule has 0 radical (unpaired) electrons. The Hall–Kier alpha value is -1.39. The summed E-state index contributed by atoms with van der Waals surface area (Å²) in [5.74, 6) is 0.422. The minimum atomic E-state index is 0.154. The number of aryl methyl sites for hydroxylation is 1. The Kier molecular flexibility index (Phi) is 6.21. The van der Waals surface area contributed by atoms with Gasteiger partial charge in [-0.05, 0) is 24.0 Å². The van der Waals surface area contributed by atoms with Gasteiger partial charge in [-0.3, -0.25) is 9.69 Å². The zero-order chi connectivity index (χ0) is 15.1. The van der Waals surface area contributed by atoms with Gasteiger partial charge in [0.15, 0.2) is 0 Å². The van der Waals surface area contributed by atoms with Crippen LogP contribution >= 0.6 is 0 Å². The van der Waals surface area contributed by atoms with Gasteiger partial charge < -0.3 is 10.6 Å². The number of benzene rings is 1. The van der Waals surface area contributed by atoms with Crippen molar-refractivity contribution in [2.24, 2.45) is 0 Å². The van der Waals surface area contributed by atoms with E-state index >= 15 is 0 Å². The molecule has 2 rings (SSSR count). The van der Waals surface area contributed by atoms with E-state index in [0.29, 0.717) is 6.42 Å². The van der Waals surface area contributed by atoms with Gasteiger partial charge in [-0.2, -0.15) is 0 Å². The average molecular weight is 289 g/mol. The molecule has 0 bridgehead atoms. The largest absolute Gasteiger partial charge is 0.355 e. The van der Waals surface area contributed by atoms with Gasteiger partial charge >= 0.3 is 0 Å². The Balaban J connectivity index is 1.70. The number of piperazine rings is 1. The molecule has 21 heavy (non-hydrogen) atoms. The highest BCUT2D eigenvalue weighted by molar-refractivity contribution is 5.76. The Morgan fingerprint density at radius 3 is 2.76 bits per heavy atom. The molecule has 1 atom stereocenters. The number of rotatable bonds is 6. The fourth-order valence-electron chi connectivity index (χ4n) is 2.89. The smallest absolute Gasteiger partial charge is 0.220 e. The molecule has 0 aromatic heterocycles. The molecule has 1 amide bonds. The predicted octanol–water partition coefficient (Wildman–Crippen LogP) is 1.51. The van der Waals surface area contributed by atoms with E-state index < -0.39 is 0 Å². The van der Waals surface area contributed by atoms with Gasteiger partial charge in [-0.15, -0.1) is 0 Å². The molecule has 1 aromatic carbocycles. The molecular formula is C17H27N3O. The second-order valence-corrected chi connectivity index (χ2v) is 5.90. The van der Waals surface area contributed by atoms with E-state index in [0.717, 1.165) is 39.3 Å². The van der Waals surface area contributed by atoms with E-state index in [1.165, 1.54) is 11.1 Å². The molecular weight excluding hydrogens is 262 g/mol. The SMILES string of the molecule is Cc1ccccc1C(C)CC(=O)NCCN1CCNCC1. The first-order valence-corrected chi connectivity index (χ1v) is 7.92. The van der Waals surface area contributed by atoms with Crippen LogP contribution in [0.15, 0.2) is 24.3 Å². The van der Waals surface area contributed by atoms with Crippen molar-refractivity contribution in [3.8, 4) is 0 Å². The van der Waals surface area contributed by atoms with Crippen LogP contribution in [0.2, 0.25) is 0 Å². The zero-order valence-electron chi connectivity index (χ0n) is 13.2. The van der Waals surface area contributed by atoms with E-state index in [1.54, 1.807) is 0 Å². The number of amides is 1. The maximum atomic E-state index is 12.0. The van der Waals surface area contributed by atoms with Gasteiger partial charge in [0.2, 0.25) is 5.91 Å². The van der Waals surface area contributed by atoms with Crippen LogP contribution in [0.25, 0.3) is 0 Å². The van der Waals surface area contributed by atoms with Crippen LogP contribution in [-0.2, 0) is 4.79 Å². The van der Waals surface area contributed by atoms with E-state index in [2.05, 4.69) is 41.5 Å². The fraction of sp³-hybridized carbons (Fsp3) is 0.588. The second-order valence-electron chi connectivity index (χ2n) is 5.90. The minimum absolute atomic E-state index is 0.154. The standard InChI is InChI=1S/C17H27N3O/c1-14-5-3-4-6-16(14)15(2)13-17(21)19-9-12-20-10-7-18-8-11-20/h3-6,15,18H,7-13H2,1-2H3,(H,19,21). The van der Waals surface area contributed by atoms with Crippen LogP contribution in [0.5, 0.6) is 0 Å². The van der Waals surface area contributed by atoms with Crippen LogP contribution in [0, 0.1) is 6.92 Å². The topological polar surface area (TPSA) is 44.4 Å². The quantitative estimate of drug-likeness (QED) is 0.834. The van der Waals surface area contributed by atoms with Crippen molar-refractivity contribution in [1.29, 1.82) is 0 Å². The van der Waals surface area contributed by atoms with Gasteiger partial charge in [0.05, 0.1) is 0 Å². The van der Waals surface area contributed by atoms with E-state index in [-0.39, 0.29) is 11.8 Å². The maximum Gasteiger partial charge on any atom is 0.220 e. The number of hydrogen-bond donors (Lipinski definition) is 2. The van der Waals surface area contributed by atoms with Crippen molar-refractivity contribution < 1.29 is 4.79 Å². The summed E-state index contributed by atoms with van der Waals surface area (Å²) in [4.78, 5) is 14.4. The summed E-state index contributed by atoms with van der Waals surface area (Å²) >= 11 is 0. The normalized spacial score (nSPS) is 17.4. The molecule has 0 spiro atoms. The van der Waals surface area contributed by atoms with Crippen LogP contribution in [0.4, 0.5) is 0 Å². The molecule has 1 aromatic rings. The Morgan fingerprint density at radius 1 is 1.33 bits per heavy atom. The summed E-state index contributed by atoms with van der Waals surface area (Å²) in [6.07, 6.45) is 0.562. The molecule has 1 saturated heterocycles. The summed E-state index contributed by atoms with van der Waals surface area (Å²) < 4.78 is 0. The monoisotopic (exact) mass is 289 g/mol. The number of nitrogens with one attached hydrogen (secondary N) is 2. The summed E-state index contributed by atoms with van der Waals surface area (Å²) in [5, 5.41) is 6.38. The third-order valence-corrected chi connectivity index (χ3v) is 4.17. The highest BCUT2D eigenvalue weighted by Gasteiger charge is 2.13. The second kappa shape index (κ2) is 8.15. The maximum absolute atomic E-state index is 12.0. The minimum Gasteiger partial charge on any atom is -0.355 e. The van der Waals surface area contributed by atoms with Crippen LogP contribution in [0.1, 0.15) is 30.4 Å². The lowest BCUT2D eigenvalue weighted by Gasteiger charge is -2.27. The number of nitrogens with zero attached hydrogens (tertiary/aromatic N) is 1. The van der Waals surface area contributed by atoms with Crippen LogP contribution in [-0.4, -0.2) is 50.1 Å². The van der Waals surface area contributed by atoms with Crippen LogP contribution in [0.3, 0.4) is 0 Å². The lowest BCUT2D eigenvalue weighted by Crippen LogP contribution is -2.46. The number of carbonyl (C=O) groups is 1. The molecule has 0 saturated carbocycles. The van der Waals surface area contributed by atoms with E-state index in [4.69, 9.17) is 0 Å². The van der Waals surface area contributed by atoms with Gasteiger partial charge in [0.1, 0.15) is 0 Å². The summed E-state index contributed by atoms with van der Waals surface area (Å²) in [6.45, 7) is 10.2. The van der Waals surface area contributed by atoms with Crippen molar-refractivity contribution >= 4 is 5.91 Å². The predicted molar refractivity (Wildman–Crippen MR) is 86.5 cm³/mol. The van der Waals surface area contributed by atoms with E-state index in [1.807, 2.05) is 12.1 Å². The Bertz CT molecular complexity index is 455. The molecule has 2 N–H and O–H groups in total. The molecule has 1 fully saturated rings. The molecule has 1 aliphatic heterocycles. The first-order chi connectivity index (χ1) is 10.2. The van der Waals surface area contributed by atoms with Gasteiger partial charge in [-0.25, -0.2) is 0 Å². The van der Waals surface area contributed by atoms with Gasteiger partial charge in [0.25, 0.3) is 0 Å². The van der Waals surface area contributed by atoms with Crippen molar-refractivity contribution in [1.82, 2.24) is 15.5 Å². The Morgan fingerprint density at radius 2 is 2.05 bits per heavy atom. The van der Waals surface area contributed by atoms with Crippen molar-refractivity contribution in [3.63, 3.8) is 0 Å². The molecule has 1 aliphatic rings. The number of hydrogen-bond acceptors (Lipinski definition) is 3. The third-order valence-electron chi connectivity index (χ3n) is 4.17. The van der Waals surface area contributed by atoms with Crippen molar-refractivity contribution in [3.05, 3.63) is 35.4 Å². The molecule has 4 heteroatoms. The van der Waals surface area contributed by atoms with Crippen molar-refractivity contribution in [2.75, 3.05) is 39.3 Å². The fourth-order valence-corrected chi connectivity index (χ4v) is 2.89. The first kappa shape index (κ1) is 16.0. The molecule has 1 unspecified atom stereocenters. The van der Waals surface area contributed by atoms with Crippen LogP contribution < -0.4 is 10.6 Å². The zero-order valence-corrected chi connectivity index (χ0v) is 13.2. The van der Waals surface area contributed by atoms with E-state index in [9.17, 15) is 4.79 Å². The summed E-state index contributed by atoms with van der Waals surface area (Å²) in [7, 11) is 0. The summed E-state index contributed by atoms with van der Waals surface area (Å²) in [6, 6.07) is 8.31. The molecule has 116 valence electrons. The molecule has 4 nitrogen and oxygen atoms in total. The Labute approximate surface area is 127 Å². The highest BCUT2D eigenvalue weighted by atomic mass is 16.1. The average Bonchev–Trinajstić information content (AvgIpc) is 2.48. The third kappa shape index (κ3) is 5.14. The molecule has 1 heterocycles. The lowest BCUT2D eigenvalue weighted by atomic mass is 9.93. The van der Waals surface area contributed by atoms with Crippen molar-refractivity contribution in [2.45, 2.75) is 26.2 Å². The number of carbonyl (C=O) groups excluding carboxylic acids is 1. The molecule has 0 aliphatic carbocycles. The lowest BCUT2D eigenvalue weighted by molar-refractivity contribution is -0.121.